The van der Waals surface area contributed by atoms with Gasteiger partial charge in [-0.05, 0) is 30.7 Å². The lowest BCUT2D eigenvalue weighted by molar-refractivity contribution is 0.0879. The van der Waals surface area contributed by atoms with Gasteiger partial charge in [0.1, 0.15) is 0 Å². The van der Waals surface area contributed by atoms with Gasteiger partial charge < -0.3 is 5.73 Å². The summed E-state index contributed by atoms with van der Waals surface area (Å²) in [6, 6.07) is 5.18. The quantitative estimate of drug-likeness (QED) is 0.738. The topological polar surface area (TPSA) is 72.2 Å². The van der Waals surface area contributed by atoms with Gasteiger partial charge in [-0.1, -0.05) is 18.2 Å². The molecule has 4 nitrogen and oxygen atoms in total. The summed E-state index contributed by atoms with van der Waals surface area (Å²) in [6.07, 6.45) is 4.63. The molecule has 16 heavy (non-hydrogen) atoms. The molecular weight excluding hydrogens is 204 g/mol. The van der Waals surface area contributed by atoms with Crippen molar-refractivity contribution in [2.45, 2.75) is 6.42 Å². The first-order valence-electron chi connectivity index (χ1n) is 5.08. The number of amides is 2. The molecule has 0 atom stereocenters. The van der Waals surface area contributed by atoms with E-state index < -0.39 is 0 Å². The average Bonchev–Trinajstić information content (AvgIpc) is 2.55. The Morgan fingerprint density at radius 1 is 1.19 bits per heavy atom. The van der Waals surface area contributed by atoms with E-state index in [9.17, 15) is 9.59 Å². The van der Waals surface area contributed by atoms with Crippen molar-refractivity contribution in [2.75, 3.05) is 6.54 Å². The first-order chi connectivity index (χ1) is 7.72. The van der Waals surface area contributed by atoms with Crippen molar-refractivity contribution >= 4 is 17.9 Å². The van der Waals surface area contributed by atoms with Crippen LogP contribution in [0.5, 0.6) is 0 Å². The Labute approximate surface area is 93.1 Å². The molecule has 0 saturated carbocycles. The number of benzene rings is 1. The third-order valence-corrected chi connectivity index (χ3v) is 2.40. The zero-order chi connectivity index (χ0) is 11.5. The number of imide groups is 1. The predicted molar refractivity (Wildman–Crippen MR) is 60.9 cm³/mol. The van der Waals surface area contributed by atoms with Crippen LogP contribution in [0.15, 0.2) is 24.3 Å². The van der Waals surface area contributed by atoms with Crippen molar-refractivity contribution in [3.05, 3.63) is 41.0 Å². The van der Waals surface area contributed by atoms with E-state index in [-0.39, 0.29) is 11.8 Å². The van der Waals surface area contributed by atoms with E-state index in [2.05, 4.69) is 5.32 Å². The largest absolute Gasteiger partial charge is 0.330 e. The molecule has 4 heteroatoms. The zero-order valence-corrected chi connectivity index (χ0v) is 8.69. The number of carbonyl (C=O) groups excluding carboxylic acids is 2. The maximum Gasteiger partial charge on any atom is 0.258 e. The van der Waals surface area contributed by atoms with Gasteiger partial charge in [0, 0.05) is 0 Å². The summed E-state index contributed by atoms with van der Waals surface area (Å²) in [4.78, 5) is 22.7. The van der Waals surface area contributed by atoms with E-state index in [4.69, 9.17) is 5.73 Å². The normalized spacial score (nSPS) is 14.3. The standard InChI is InChI=1S/C12H12N2O2/c13-6-2-1-3-8-4-5-9-10(7-8)12(16)14-11(9)15/h1,3-5,7H,2,6,13H2,(H,14,15,16). The molecule has 1 aromatic rings. The van der Waals surface area contributed by atoms with Crippen molar-refractivity contribution in [1.82, 2.24) is 5.32 Å². The Morgan fingerprint density at radius 2 is 1.94 bits per heavy atom. The summed E-state index contributed by atoms with van der Waals surface area (Å²) >= 11 is 0. The van der Waals surface area contributed by atoms with Crippen LogP contribution in [0.3, 0.4) is 0 Å². The van der Waals surface area contributed by atoms with Gasteiger partial charge in [0.15, 0.2) is 0 Å². The number of nitrogens with one attached hydrogen (secondary N) is 1. The predicted octanol–water partition coefficient (Wildman–Crippen LogP) is 0.932. The molecule has 3 N–H and O–H groups in total. The monoisotopic (exact) mass is 216 g/mol. The minimum atomic E-state index is -0.325. The maximum absolute atomic E-state index is 11.4. The summed E-state index contributed by atoms with van der Waals surface area (Å²) < 4.78 is 0. The van der Waals surface area contributed by atoms with Gasteiger partial charge in [0.25, 0.3) is 11.8 Å². The molecule has 0 unspecified atom stereocenters. The van der Waals surface area contributed by atoms with Crippen molar-refractivity contribution in [3.63, 3.8) is 0 Å². The van der Waals surface area contributed by atoms with Gasteiger partial charge in [-0.2, -0.15) is 0 Å². The lowest BCUT2D eigenvalue weighted by Gasteiger charge is -1.96. The Morgan fingerprint density at radius 3 is 2.69 bits per heavy atom. The van der Waals surface area contributed by atoms with Gasteiger partial charge >= 0.3 is 0 Å². The van der Waals surface area contributed by atoms with Gasteiger partial charge in [0.05, 0.1) is 11.1 Å². The van der Waals surface area contributed by atoms with Gasteiger partial charge in [-0.25, -0.2) is 0 Å². The van der Waals surface area contributed by atoms with Crippen LogP contribution in [0.4, 0.5) is 0 Å². The fraction of sp³-hybridized carbons (Fsp3) is 0.167. The fourth-order valence-corrected chi connectivity index (χ4v) is 1.60. The number of fused-ring (bicyclic) bond motifs is 1. The number of hydrogen-bond donors (Lipinski definition) is 2. The number of carbonyl (C=O) groups is 2. The van der Waals surface area contributed by atoms with Crippen LogP contribution in [0.2, 0.25) is 0 Å². The molecule has 0 radical (unpaired) electrons. The van der Waals surface area contributed by atoms with Crippen LogP contribution in [0, 0.1) is 0 Å². The molecule has 0 spiro atoms. The third kappa shape index (κ3) is 1.87. The van der Waals surface area contributed by atoms with Crippen LogP contribution in [0.1, 0.15) is 32.7 Å². The van der Waals surface area contributed by atoms with Crippen LogP contribution in [-0.4, -0.2) is 18.4 Å². The summed E-state index contributed by atoms with van der Waals surface area (Å²) in [5.74, 6) is -0.647. The number of nitrogens with two attached hydrogens (primary N) is 1. The van der Waals surface area contributed by atoms with Crippen molar-refractivity contribution in [1.29, 1.82) is 0 Å². The summed E-state index contributed by atoms with van der Waals surface area (Å²) in [5, 5.41) is 2.25. The van der Waals surface area contributed by atoms with E-state index in [0.29, 0.717) is 17.7 Å². The Hall–Kier alpha value is -1.94. The molecular formula is C12H12N2O2. The molecule has 0 aromatic heterocycles. The molecule has 1 aliphatic rings. The molecule has 82 valence electrons. The highest BCUT2D eigenvalue weighted by atomic mass is 16.2. The Bertz CT molecular complexity index is 478. The van der Waals surface area contributed by atoms with Gasteiger partial charge in [-0.15, -0.1) is 0 Å². The first kappa shape index (κ1) is 10.6. The lowest BCUT2D eigenvalue weighted by atomic mass is 10.1. The van der Waals surface area contributed by atoms with Crippen LogP contribution < -0.4 is 11.1 Å². The van der Waals surface area contributed by atoms with E-state index in [0.717, 1.165) is 12.0 Å². The smallest absolute Gasteiger partial charge is 0.258 e. The highest BCUT2D eigenvalue weighted by Crippen LogP contribution is 2.18. The maximum atomic E-state index is 11.4. The van der Waals surface area contributed by atoms with E-state index in [1.165, 1.54) is 0 Å². The van der Waals surface area contributed by atoms with Crippen LogP contribution in [0.25, 0.3) is 6.08 Å². The van der Waals surface area contributed by atoms with E-state index in [1.807, 2.05) is 18.2 Å². The van der Waals surface area contributed by atoms with Crippen molar-refractivity contribution in [2.24, 2.45) is 5.73 Å². The molecule has 1 heterocycles. The number of rotatable bonds is 3. The van der Waals surface area contributed by atoms with Gasteiger partial charge in [0.2, 0.25) is 0 Å². The number of hydrogen-bond acceptors (Lipinski definition) is 3. The van der Waals surface area contributed by atoms with Crippen molar-refractivity contribution < 1.29 is 9.59 Å². The molecule has 1 aromatic carbocycles. The van der Waals surface area contributed by atoms with E-state index >= 15 is 0 Å². The summed E-state index contributed by atoms with van der Waals surface area (Å²) in [6.45, 7) is 0.598. The Kier molecular flexibility index (Phi) is 2.83. The minimum absolute atomic E-state index is 0.322. The van der Waals surface area contributed by atoms with Crippen LogP contribution in [-0.2, 0) is 0 Å². The summed E-state index contributed by atoms with van der Waals surface area (Å²) in [5.41, 5.74) is 7.15. The zero-order valence-electron chi connectivity index (χ0n) is 8.69. The third-order valence-electron chi connectivity index (χ3n) is 2.40. The highest BCUT2D eigenvalue weighted by molar-refractivity contribution is 6.21. The second kappa shape index (κ2) is 4.28. The van der Waals surface area contributed by atoms with Gasteiger partial charge in [-0.3, -0.25) is 14.9 Å². The second-order valence-electron chi connectivity index (χ2n) is 3.57. The Balaban J connectivity index is 2.30. The SMILES string of the molecule is NCCC=Cc1ccc2c(c1)C(=O)NC2=O. The molecule has 2 rings (SSSR count). The molecule has 1 aliphatic heterocycles. The average molecular weight is 216 g/mol. The molecule has 0 fully saturated rings. The molecule has 0 aliphatic carbocycles. The second-order valence-corrected chi connectivity index (χ2v) is 3.57. The van der Waals surface area contributed by atoms with Crippen LogP contribution >= 0.6 is 0 Å². The molecule has 0 bridgehead atoms. The first-order valence-corrected chi connectivity index (χ1v) is 5.08. The minimum Gasteiger partial charge on any atom is -0.330 e. The highest BCUT2D eigenvalue weighted by Gasteiger charge is 2.26. The van der Waals surface area contributed by atoms with Crippen molar-refractivity contribution in [3.8, 4) is 0 Å². The fourth-order valence-electron chi connectivity index (χ4n) is 1.60. The molecule has 2 amide bonds. The summed E-state index contributed by atoms with van der Waals surface area (Å²) in [7, 11) is 0. The van der Waals surface area contributed by atoms with E-state index in [1.54, 1.807) is 12.1 Å². The molecule has 0 saturated heterocycles. The lowest BCUT2D eigenvalue weighted by Crippen LogP contribution is -2.19.